The number of primary amides is 1. The van der Waals surface area contributed by atoms with E-state index in [2.05, 4.69) is 26.0 Å². The fourth-order valence-corrected chi connectivity index (χ4v) is 2.74. The maximum absolute atomic E-state index is 10.9. The van der Waals surface area contributed by atoms with E-state index in [1.165, 1.54) is 6.07 Å². The Morgan fingerprint density at radius 3 is 2.63 bits per heavy atom. The van der Waals surface area contributed by atoms with Crippen molar-refractivity contribution in [2.75, 3.05) is 0 Å². The molecule has 3 rings (SSSR count). The van der Waals surface area contributed by atoms with Gasteiger partial charge in [-0.1, -0.05) is 42.5 Å². The van der Waals surface area contributed by atoms with Gasteiger partial charge in [0.1, 0.15) is 6.61 Å². The van der Waals surface area contributed by atoms with Gasteiger partial charge in [-0.05, 0) is 35.9 Å². The molecule has 1 aromatic carbocycles. The van der Waals surface area contributed by atoms with Crippen LogP contribution >= 0.6 is 0 Å². The number of benzene rings is 1. The van der Waals surface area contributed by atoms with Crippen LogP contribution in [0.2, 0.25) is 0 Å². The highest BCUT2D eigenvalue weighted by molar-refractivity contribution is 5.76. The van der Waals surface area contributed by atoms with E-state index in [1.54, 1.807) is 23.9 Å². The Morgan fingerprint density at radius 1 is 1.20 bits per heavy atom. The number of aromatic nitrogens is 5. The third-order valence-corrected chi connectivity index (χ3v) is 3.99. The van der Waals surface area contributed by atoms with Gasteiger partial charge in [0.15, 0.2) is 5.82 Å². The molecule has 10 heteroatoms. The predicted octanol–water partition coefficient (Wildman–Crippen LogP) is 1.99. The van der Waals surface area contributed by atoms with E-state index < -0.39 is 11.6 Å². The number of hydroxylamine groups is 1. The van der Waals surface area contributed by atoms with Crippen LogP contribution < -0.4 is 16.0 Å². The first kappa shape index (κ1) is 21.1. The van der Waals surface area contributed by atoms with Gasteiger partial charge in [-0.2, -0.15) is 5.48 Å². The lowest BCUT2D eigenvalue weighted by Crippen LogP contribution is -2.37. The molecule has 0 atom stereocenters. The molecule has 1 amide bonds. The molecular formula is C20H23N7O3. The Bertz CT molecular complexity index is 1030. The average Bonchev–Trinajstić information content (AvgIpc) is 3.12. The van der Waals surface area contributed by atoms with Crippen LogP contribution in [0.15, 0.2) is 54.6 Å². The summed E-state index contributed by atoms with van der Waals surface area (Å²) >= 11 is 0. The van der Waals surface area contributed by atoms with Gasteiger partial charge in [-0.15, -0.1) is 5.10 Å². The Kier molecular flexibility index (Phi) is 6.50. The van der Waals surface area contributed by atoms with Crippen LogP contribution in [0.5, 0.6) is 5.88 Å². The molecule has 0 saturated carbocycles. The SMILES string of the molecule is Cn1nnnc1C(=CC(C)(C)NOCc1cccc(OC(N)=O)n1)c1ccccc1. The minimum absolute atomic E-state index is 0.115. The summed E-state index contributed by atoms with van der Waals surface area (Å²) in [7, 11) is 1.79. The Hall–Kier alpha value is -3.63. The topological polar surface area (TPSA) is 130 Å². The molecule has 3 N–H and O–H groups in total. The molecule has 2 heterocycles. The predicted molar refractivity (Wildman–Crippen MR) is 109 cm³/mol. The molecular weight excluding hydrogens is 386 g/mol. The van der Waals surface area contributed by atoms with Gasteiger partial charge in [-0.25, -0.2) is 14.5 Å². The summed E-state index contributed by atoms with van der Waals surface area (Å²) in [5.74, 6) is 0.748. The summed E-state index contributed by atoms with van der Waals surface area (Å²) in [4.78, 5) is 20.7. The largest absolute Gasteiger partial charge is 0.411 e. The van der Waals surface area contributed by atoms with Crippen LogP contribution in [0.3, 0.4) is 0 Å². The zero-order valence-corrected chi connectivity index (χ0v) is 16.9. The van der Waals surface area contributed by atoms with Crippen LogP contribution in [0.4, 0.5) is 4.79 Å². The number of carbonyl (C=O) groups is 1. The van der Waals surface area contributed by atoms with Crippen molar-refractivity contribution < 1.29 is 14.4 Å². The van der Waals surface area contributed by atoms with Gasteiger partial charge in [0, 0.05) is 18.7 Å². The number of nitrogens with zero attached hydrogens (tertiary/aromatic N) is 5. The van der Waals surface area contributed by atoms with Crippen molar-refractivity contribution in [3.8, 4) is 5.88 Å². The van der Waals surface area contributed by atoms with E-state index in [9.17, 15) is 4.79 Å². The van der Waals surface area contributed by atoms with E-state index in [1.807, 2.05) is 50.3 Å². The van der Waals surface area contributed by atoms with Crippen molar-refractivity contribution in [2.24, 2.45) is 12.8 Å². The number of tetrazole rings is 1. The van der Waals surface area contributed by atoms with Crippen LogP contribution in [0.1, 0.15) is 30.9 Å². The molecule has 0 aliphatic carbocycles. The summed E-state index contributed by atoms with van der Waals surface area (Å²) < 4.78 is 6.39. The van der Waals surface area contributed by atoms with E-state index >= 15 is 0 Å². The molecule has 0 radical (unpaired) electrons. The molecule has 30 heavy (non-hydrogen) atoms. The van der Waals surface area contributed by atoms with E-state index in [0.717, 1.165) is 11.1 Å². The van der Waals surface area contributed by atoms with Gasteiger partial charge in [0.2, 0.25) is 5.88 Å². The Balaban J connectivity index is 1.74. The van der Waals surface area contributed by atoms with E-state index in [-0.39, 0.29) is 12.5 Å². The lowest BCUT2D eigenvalue weighted by atomic mass is 9.97. The monoisotopic (exact) mass is 409 g/mol. The quantitative estimate of drug-likeness (QED) is 0.540. The Labute approximate surface area is 173 Å². The fraction of sp³-hybridized carbons (Fsp3) is 0.250. The molecule has 0 saturated heterocycles. The van der Waals surface area contributed by atoms with Crippen molar-refractivity contribution >= 4 is 11.7 Å². The van der Waals surface area contributed by atoms with E-state index in [4.69, 9.17) is 15.3 Å². The van der Waals surface area contributed by atoms with Gasteiger partial charge in [0.05, 0.1) is 11.2 Å². The standard InChI is InChI=1S/C20H23N7O3/c1-20(2,24-29-13-15-10-7-11-17(22-15)30-19(21)28)12-16(14-8-5-4-6-9-14)18-23-25-26-27(18)3/h4-12,24H,13H2,1-3H3,(H2,21,28). The number of carbonyl (C=O) groups excluding carboxylic acids is 1. The van der Waals surface area contributed by atoms with Crippen LogP contribution in [0.25, 0.3) is 5.57 Å². The van der Waals surface area contributed by atoms with Crippen LogP contribution in [-0.4, -0.2) is 36.8 Å². The number of pyridine rings is 1. The number of amides is 1. The number of hydrogen-bond donors (Lipinski definition) is 2. The molecule has 3 aromatic rings. The summed E-state index contributed by atoms with van der Waals surface area (Å²) in [6.07, 6.45) is 1.07. The number of ether oxygens (including phenoxy) is 1. The number of aryl methyl sites for hydroxylation is 1. The molecule has 10 nitrogen and oxygen atoms in total. The number of nitrogens with one attached hydrogen (secondary N) is 1. The second-order valence-corrected chi connectivity index (χ2v) is 7.05. The smallest absolute Gasteiger partial charge is 0.391 e. The summed E-state index contributed by atoms with van der Waals surface area (Å²) in [5.41, 5.74) is 9.87. The summed E-state index contributed by atoms with van der Waals surface area (Å²) in [6.45, 7) is 4.07. The fourth-order valence-electron chi connectivity index (χ4n) is 2.74. The molecule has 0 aliphatic heterocycles. The minimum atomic E-state index is -0.920. The average molecular weight is 409 g/mol. The highest BCUT2D eigenvalue weighted by Crippen LogP contribution is 2.24. The lowest BCUT2D eigenvalue weighted by Gasteiger charge is -2.23. The molecule has 2 aromatic heterocycles. The molecule has 156 valence electrons. The summed E-state index contributed by atoms with van der Waals surface area (Å²) in [5, 5.41) is 11.8. The molecule has 0 bridgehead atoms. The zero-order chi connectivity index (χ0) is 21.6. The highest BCUT2D eigenvalue weighted by Gasteiger charge is 2.20. The van der Waals surface area contributed by atoms with Crippen molar-refractivity contribution in [1.29, 1.82) is 0 Å². The first-order chi connectivity index (χ1) is 14.3. The van der Waals surface area contributed by atoms with Gasteiger partial charge in [-0.3, -0.25) is 4.84 Å². The number of rotatable bonds is 8. The van der Waals surface area contributed by atoms with Crippen LogP contribution in [-0.2, 0) is 18.5 Å². The Morgan fingerprint density at radius 2 is 1.97 bits per heavy atom. The number of hydrogen-bond acceptors (Lipinski definition) is 8. The van der Waals surface area contributed by atoms with Crippen molar-refractivity contribution in [3.05, 3.63) is 71.7 Å². The van der Waals surface area contributed by atoms with Crippen molar-refractivity contribution in [3.63, 3.8) is 0 Å². The molecule has 0 spiro atoms. The summed E-state index contributed by atoms with van der Waals surface area (Å²) in [6, 6.07) is 14.8. The second kappa shape index (κ2) is 9.25. The van der Waals surface area contributed by atoms with Gasteiger partial charge < -0.3 is 10.5 Å². The van der Waals surface area contributed by atoms with Crippen molar-refractivity contribution in [2.45, 2.75) is 26.0 Å². The van der Waals surface area contributed by atoms with Crippen molar-refractivity contribution in [1.82, 2.24) is 30.7 Å². The van der Waals surface area contributed by atoms with Gasteiger partial charge >= 0.3 is 6.09 Å². The second-order valence-electron chi connectivity index (χ2n) is 7.05. The lowest BCUT2D eigenvalue weighted by molar-refractivity contribution is -0.0104. The minimum Gasteiger partial charge on any atom is -0.391 e. The van der Waals surface area contributed by atoms with E-state index in [0.29, 0.717) is 11.5 Å². The first-order valence-corrected chi connectivity index (χ1v) is 9.17. The third-order valence-electron chi connectivity index (χ3n) is 3.99. The maximum atomic E-state index is 10.9. The maximum Gasteiger partial charge on any atom is 0.411 e. The third kappa shape index (κ3) is 5.69. The van der Waals surface area contributed by atoms with Crippen LogP contribution in [0, 0.1) is 0 Å². The number of nitrogens with two attached hydrogens (primary N) is 1. The molecule has 0 fully saturated rings. The molecule has 0 unspecified atom stereocenters. The van der Waals surface area contributed by atoms with Gasteiger partial charge in [0.25, 0.3) is 0 Å². The molecule has 0 aliphatic rings. The first-order valence-electron chi connectivity index (χ1n) is 9.17. The highest BCUT2D eigenvalue weighted by atomic mass is 16.6. The normalized spacial score (nSPS) is 12.0. The zero-order valence-electron chi connectivity index (χ0n) is 16.9.